The topological polar surface area (TPSA) is 135 Å². The maximum atomic E-state index is 11.9. The molecule has 2 rings (SSSR count). The van der Waals surface area contributed by atoms with Crippen LogP contribution in [0.1, 0.15) is 11.8 Å². The fourth-order valence-electron chi connectivity index (χ4n) is 1.84. The van der Waals surface area contributed by atoms with E-state index in [0.29, 0.717) is 10.6 Å². The fourth-order valence-corrected chi connectivity index (χ4v) is 3.55. The number of anilines is 1. The highest BCUT2D eigenvalue weighted by Gasteiger charge is 2.15. The number of benzene rings is 1. The molecule has 0 saturated heterocycles. The Labute approximate surface area is 152 Å². The van der Waals surface area contributed by atoms with E-state index in [1.807, 2.05) is 4.72 Å². The van der Waals surface area contributed by atoms with Gasteiger partial charge in [-0.05, 0) is 36.4 Å². The monoisotopic (exact) mass is 395 g/mol. The van der Waals surface area contributed by atoms with Gasteiger partial charge >= 0.3 is 5.00 Å². The summed E-state index contributed by atoms with van der Waals surface area (Å²) < 4.78 is 25.4. The Hall–Kier alpha value is -3.05. The van der Waals surface area contributed by atoms with Crippen molar-refractivity contribution in [1.82, 2.24) is 4.72 Å². The summed E-state index contributed by atoms with van der Waals surface area (Å²) >= 11 is 0.932. The van der Waals surface area contributed by atoms with Gasteiger partial charge in [0.2, 0.25) is 11.8 Å². The zero-order chi connectivity index (χ0) is 19.3. The molecule has 1 aromatic carbocycles. The minimum absolute atomic E-state index is 0.0268. The van der Waals surface area contributed by atoms with Crippen molar-refractivity contribution in [1.29, 1.82) is 0 Å². The zero-order valence-electron chi connectivity index (χ0n) is 13.3. The van der Waals surface area contributed by atoms with Crippen LogP contribution < -0.4 is 10.0 Å². The number of rotatable bonds is 6. The van der Waals surface area contributed by atoms with Crippen LogP contribution in [0.15, 0.2) is 47.4 Å². The lowest BCUT2D eigenvalue weighted by molar-refractivity contribution is -0.380. The minimum atomic E-state index is -3.94. The number of sulfonamides is 1. The van der Waals surface area contributed by atoms with Gasteiger partial charge in [-0.15, -0.1) is 0 Å². The number of amides is 2. The summed E-state index contributed by atoms with van der Waals surface area (Å²) in [7, 11) is -3.94. The van der Waals surface area contributed by atoms with Crippen molar-refractivity contribution in [3.8, 4) is 0 Å². The van der Waals surface area contributed by atoms with Crippen molar-refractivity contribution in [2.24, 2.45) is 0 Å². The van der Waals surface area contributed by atoms with Crippen LogP contribution in [0.3, 0.4) is 0 Å². The fraction of sp³-hybridized carbons (Fsp3) is 0.0667. The van der Waals surface area contributed by atoms with Crippen molar-refractivity contribution in [3.63, 3.8) is 0 Å². The molecule has 0 atom stereocenters. The lowest BCUT2D eigenvalue weighted by Crippen LogP contribution is -2.28. The summed E-state index contributed by atoms with van der Waals surface area (Å²) in [6.07, 6.45) is 2.64. The molecule has 11 heteroatoms. The average Bonchev–Trinajstić information content (AvgIpc) is 3.01. The maximum Gasteiger partial charge on any atom is 0.324 e. The summed E-state index contributed by atoms with van der Waals surface area (Å²) in [6.45, 7) is 1.08. The number of carbonyl (C=O) groups excluding carboxylic acids is 2. The van der Waals surface area contributed by atoms with Gasteiger partial charge in [0.1, 0.15) is 0 Å². The van der Waals surface area contributed by atoms with E-state index in [9.17, 15) is 28.1 Å². The molecule has 0 unspecified atom stereocenters. The number of thiophene rings is 1. The Bertz CT molecular complexity index is 977. The summed E-state index contributed by atoms with van der Waals surface area (Å²) in [6, 6.07) is 8.10. The molecule has 0 aliphatic carbocycles. The Balaban J connectivity index is 2.01. The first-order valence-electron chi connectivity index (χ1n) is 7.04. The average molecular weight is 395 g/mol. The smallest absolute Gasteiger partial charge is 0.323 e. The van der Waals surface area contributed by atoms with Gasteiger partial charge in [0, 0.05) is 29.6 Å². The Morgan fingerprint density at radius 1 is 1.15 bits per heavy atom. The highest BCUT2D eigenvalue weighted by Crippen LogP contribution is 2.24. The van der Waals surface area contributed by atoms with Crippen molar-refractivity contribution in [2.75, 3.05) is 5.32 Å². The van der Waals surface area contributed by atoms with Crippen molar-refractivity contribution < 1.29 is 22.9 Å². The SMILES string of the molecule is CC(=O)NS(=O)(=O)c1ccc(NC(=O)/C=C/c2ccc([N+](=O)[O-])s2)cc1. The first-order valence-corrected chi connectivity index (χ1v) is 9.34. The second kappa shape index (κ2) is 7.89. The third-order valence-electron chi connectivity index (χ3n) is 2.90. The second-order valence-corrected chi connectivity index (χ2v) is 7.72. The number of hydrogen-bond acceptors (Lipinski definition) is 7. The molecular formula is C15H13N3O6S2. The quantitative estimate of drug-likeness (QED) is 0.437. The number of nitrogens with one attached hydrogen (secondary N) is 2. The van der Waals surface area contributed by atoms with Crippen LogP contribution in [-0.4, -0.2) is 25.2 Å². The van der Waals surface area contributed by atoms with Gasteiger partial charge in [-0.3, -0.25) is 19.7 Å². The van der Waals surface area contributed by atoms with Crippen molar-refractivity contribution in [2.45, 2.75) is 11.8 Å². The molecule has 26 heavy (non-hydrogen) atoms. The van der Waals surface area contributed by atoms with Crippen LogP contribution in [0.2, 0.25) is 0 Å². The Morgan fingerprint density at radius 2 is 1.81 bits per heavy atom. The molecular weight excluding hydrogens is 382 g/mol. The molecule has 0 fully saturated rings. The van der Waals surface area contributed by atoms with E-state index < -0.39 is 26.8 Å². The van der Waals surface area contributed by atoms with E-state index in [2.05, 4.69) is 5.32 Å². The van der Waals surface area contributed by atoms with E-state index >= 15 is 0 Å². The standard InChI is InChI=1S/C15H13N3O6S2/c1-10(19)17-26(23,24)13-6-2-11(3-7-13)16-14(20)8-4-12-5-9-15(25-12)18(21)22/h2-9H,1H3,(H,16,20)(H,17,19)/b8-4+. The minimum Gasteiger partial charge on any atom is -0.323 e. The van der Waals surface area contributed by atoms with Crippen LogP contribution in [-0.2, 0) is 19.6 Å². The van der Waals surface area contributed by atoms with Gasteiger partial charge in [0.05, 0.1) is 9.82 Å². The largest absolute Gasteiger partial charge is 0.324 e. The van der Waals surface area contributed by atoms with Gasteiger partial charge in [-0.25, -0.2) is 13.1 Å². The summed E-state index contributed by atoms with van der Waals surface area (Å²) in [5.41, 5.74) is 0.346. The maximum absolute atomic E-state index is 11.9. The number of hydrogen-bond donors (Lipinski definition) is 2. The summed E-state index contributed by atoms with van der Waals surface area (Å²) in [5.74, 6) is -1.19. The van der Waals surface area contributed by atoms with E-state index in [1.54, 1.807) is 0 Å². The van der Waals surface area contributed by atoms with Gasteiger partial charge in [0.15, 0.2) is 0 Å². The molecule has 9 nitrogen and oxygen atoms in total. The molecule has 0 aliphatic rings. The molecule has 1 aromatic heterocycles. The van der Waals surface area contributed by atoms with E-state index in [0.717, 1.165) is 18.3 Å². The van der Waals surface area contributed by atoms with Crippen LogP contribution >= 0.6 is 11.3 Å². The van der Waals surface area contributed by atoms with E-state index in [1.165, 1.54) is 48.6 Å². The predicted molar refractivity (Wildman–Crippen MR) is 96.1 cm³/mol. The predicted octanol–water partition coefficient (Wildman–Crippen LogP) is 2.13. The third-order valence-corrected chi connectivity index (χ3v) is 5.35. The number of carbonyl (C=O) groups is 2. The molecule has 2 amide bonds. The molecule has 0 radical (unpaired) electrons. The lowest BCUT2D eigenvalue weighted by atomic mass is 10.3. The summed E-state index contributed by atoms with van der Waals surface area (Å²) in [5, 5.41) is 13.1. The van der Waals surface area contributed by atoms with Gasteiger partial charge in [-0.2, -0.15) is 0 Å². The van der Waals surface area contributed by atoms with Gasteiger partial charge in [-0.1, -0.05) is 11.3 Å². The van der Waals surface area contributed by atoms with Crippen LogP contribution in [0.4, 0.5) is 10.7 Å². The third kappa shape index (κ3) is 5.22. The van der Waals surface area contributed by atoms with E-state index in [4.69, 9.17) is 0 Å². The molecule has 0 bridgehead atoms. The first kappa shape index (κ1) is 19.3. The highest BCUT2D eigenvalue weighted by molar-refractivity contribution is 7.90. The highest BCUT2D eigenvalue weighted by atomic mass is 32.2. The van der Waals surface area contributed by atoms with E-state index in [-0.39, 0.29) is 9.90 Å². The molecule has 0 spiro atoms. The Kier molecular flexibility index (Phi) is 5.85. The van der Waals surface area contributed by atoms with Crippen LogP contribution in [0.25, 0.3) is 6.08 Å². The number of nitro groups is 1. The van der Waals surface area contributed by atoms with Crippen molar-refractivity contribution >= 4 is 49.9 Å². The normalized spacial score (nSPS) is 11.3. The zero-order valence-corrected chi connectivity index (χ0v) is 15.0. The van der Waals surface area contributed by atoms with Crippen LogP contribution in [0, 0.1) is 10.1 Å². The molecule has 0 aliphatic heterocycles. The molecule has 1 heterocycles. The first-order chi connectivity index (χ1) is 12.2. The molecule has 136 valence electrons. The van der Waals surface area contributed by atoms with Crippen LogP contribution in [0.5, 0.6) is 0 Å². The second-order valence-electron chi connectivity index (χ2n) is 4.94. The lowest BCUT2D eigenvalue weighted by Gasteiger charge is -2.06. The van der Waals surface area contributed by atoms with Gasteiger partial charge in [0.25, 0.3) is 10.0 Å². The molecule has 2 aromatic rings. The molecule has 2 N–H and O–H groups in total. The summed E-state index contributed by atoms with van der Waals surface area (Å²) in [4.78, 5) is 33.2. The molecule has 0 saturated carbocycles. The van der Waals surface area contributed by atoms with Gasteiger partial charge < -0.3 is 5.32 Å². The Morgan fingerprint density at radius 3 is 2.35 bits per heavy atom. The van der Waals surface area contributed by atoms with Crippen molar-refractivity contribution in [3.05, 3.63) is 57.5 Å². The number of nitrogens with zero attached hydrogens (tertiary/aromatic N) is 1.